The van der Waals surface area contributed by atoms with E-state index in [9.17, 15) is 4.79 Å². The predicted octanol–water partition coefficient (Wildman–Crippen LogP) is 4.78. The van der Waals surface area contributed by atoms with Crippen molar-refractivity contribution in [2.45, 2.75) is 33.6 Å². The lowest BCUT2D eigenvalue weighted by molar-refractivity contribution is 0.208. The van der Waals surface area contributed by atoms with Gasteiger partial charge in [0.05, 0.1) is 0 Å². The molecule has 1 N–H and O–H groups in total. The van der Waals surface area contributed by atoms with Crippen molar-refractivity contribution in [3.05, 3.63) is 59.2 Å². The van der Waals surface area contributed by atoms with Crippen molar-refractivity contribution in [1.82, 2.24) is 4.90 Å². The van der Waals surface area contributed by atoms with E-state index >= 15 is 0 Å². The fraction of sp³-hybridized carbons (Fsp3) is 0.409. The number of anilines is 2. The Hall–Kier alpha value is -2.49. The molecular weight excluding hydrogens is 322 g/mol. The Morgan fingerprint density at radius 1 is 0.962 bits per heavy atom. The second kappa shape index (κ2) is 7.81. The van der Waals surface area contributed by atoms with Gasteiger partial charge in [-0.2, -0.15) is 0 Å². The molecule has 2 aromatic rings. The molecule has 0 bridgehead atoms. The second-order valence-corrected chi connectivity index (χ2v) is 7.47. The molecule has 1 fully saturated rings. The van der Waals surface area contributed by atoms with Crippen LogP contribution in [0.1, 0.15) is 36.5 Å². The van der Waals surface area contributed by atoms with Crippen LogP contribution >= 0.6 is 0 Å². The highest BCUT2D eigenvalue weighted by molar-refractivity contribution is 5.90. The van der Waals surface area contributed by atoms with Crippen molar-refractivity contribution >= 4 is 17.4 Å². The van der Waals surface area contributed by atoms with Gasteiger partial charge in [-0.15, -0.1) is 0 Å². The number of amides is 2. The first-order valence-electron chi connectivity index (χ1n) is 9.42. The molecule has 2 amide bonds. The molecule has 0 aliphatic carbocycles. The molecular formula is C22H29N3O. The zero-order valence-electron chi connectivity index (χ0n) is 16.2. The molecule has 0 spiro atoms. The Kier molecular flexibility index (Phi) is 5.50. The maximum atomic E-state index is 12.6. The van der Waals surface area contributed by atoms with Gasteiger partial charge < -0.3 is 15.1 Å². The minimum absolute atomic E-state index is 0.00601. The van der Waals surface area contributed by atoms with E-state index in [1.54, 1.807) is 0 Å². The lowest BCUT2D eigenvalue weighted by atomic mass is 10.0. The number of piperazine rings is 1. The third kappa shape index (κ3) is 4.18. The Morgan fingerprint density at radius 2 is 1.62 bits per heavy atom. The van der Waals surface area contributed by atoms with Crippen molar-refractivity contribution in [1.29, 1.82) is 0 Å². The average molecular weight is 351 g/mol. The lowest BCUT2D eigenvalue weighted by Crippen LogP contribution is -2.50. The molecule has 0 saturated carbocycles. The largest absolute Gasteiger partial charge is 0.368 e. The summed E-state index contributed by atoms with van der Waals surface area (Å²) in [5.41, 5.74) is 5.75. The van der Waals surface area contributed by atoms with Gasteiger partial charge in [0.2, 0.25) is 0 Å². The number of rotatable bonds is 3. The average Bonchev–Trinajstić information content (AvgIpc) is 2.65. The molecule has 1 aliphatic rings. The van der Waals surface area contributed by atoms with Crippen LogP contribution in [-0.4, -0.2) is 37.1 Å². The first-order valence-corrected chi connectivity index (χ1v) is 9.42. The quantitative estimate of drug-likeness (QED) is 0.864. The molecule has 1 heterocycles. The molecule has 3 rings (SSSR count). The van der Waals surface area contributed by atoms with Crippen molar-refractivity contribution < 1.29 is 4.79 Å². The molecule has 4 heteroatoms. The number of hydrogen-bond acceptors (Lipinski definition) is 2. The van der Waals surface area contributed by atoms with Gasteiger partial charge in [0.1, 0.15) is 0 Å². The first-order chi connectivity index (χ1) is 12.4. The van der Waals surface area contributed by atoms with E-state index in [1.165, 1.54) is 11.3 Å². The van der Waals surface area contributed by atoms with Crippen LogP contribution in [0.25, 0.3) is 0 Å². The summed E-state index contributed by atoms with van der Waals surface area (Å²) in [5.74, 6) is 0.551. The number of carbonyl (C=O) groups excluding carboxylic acids is 1. The van der Waals surface area contributed by atoms with Crippen LogP contribution in [0.4, 0.5) is 16.2 Å². The van der Waals surface area contributed by atoms with Gasteiger partial charge in [-0.25, -0.2) is 4.79 Å². The topological polar surface area (TPSA) is 35.6 Å². The molecule has 0 aromatic heterocycles. The molecule has 26 heavy (non-hydrogen) atoms. The van der Waals surface area contributed by atoms with Crippen molar-refractivity contribution in [2.75, 3.05) is 36.4 Å². The van der Waals surface area contributed by atoms with Crippen LogP contribution in [-0.2, 0) is 0 Å². The zero-order valence-corrected chi connectivity index (χ0v) is 16.2. The highest BCUT2D eigenvalue weighted by Gasteiger charge is 2.21. The predicted molar refractivity (Wildman–Crippen MR) is 109 cm³/mol. The van der Waals surface area contributed by atoms with Gasteiger partial charge in [0.25, 0.3) is 0 Å². The monoisotopic (exact) mass is 351 g/mol. The number of nitrogens with zero attached hydrogens (tertiary/aromatic N) is 2. The Bertz CT molecular complexity index is 759. The van der Waals surface area contributed by atoms with Crippen molar-refractivity contribution in [2.24, 2.45) is 0 Å². The van der Waals surface area contributed by atoms with E-state index in [0.29, 0.717) is 5.92 Å². The summed E-state index contributed by atoms with van der Waals surface area (Å²) >= 11 is 0. The van der Waals surface area contributed by atoms with E-state index in [2.05, 4.69) is 54.4 Å². The van der Waals surface area contributed by atoms with E-state index in [4.69, 9.17) is 0 Å². The standard InChI is InChI=1S/C22H29N3O/c1-16(2)19-7-9-20(10-8-19)24-11-13-25(14-12-24)22(26)23-21-15-17(3)5-6-18(21)4/h5-10,15-16H,11-14H2,1-4H3,(H,23,26). The van der Waals surface area contributed by atoms with Gasteiger partial charge in [-0.1, -0.05) is 38.1 Å². The summed E-state index contributed by atoms with van der Waals surface area (Å²) in [5, 5.41) is 3.06. The molecule has 1 saturated heterocycles. The summed E-state index contributed by atoms with van der Waals surface area (Å²) in [6.07, 6.45) is 0. The lowest BCUT2D eigenvalue weighted by Gasteiger charge is -2.36. The smallest absolute Gasteiger partial charge is 0.321 e. The number of nitrogens with one attached hydrogen (secondary N) is 1. The number of hydrogen-bond donors (Lipinski definition) is 1. The Balaban J connectivity index is 1.57. The summed E-state index contributed by atoms with van der Waals surface area (Å²) in [4.78, 5) is 16.8. The maximum absolute atomic E-state index is 12.6. The van der Waals surface area contributed by atoms with Crippen LogP contribution < -0.4 is 10.2 Å². The summed E-state index contributed by atoms with van der Waals surface area (Å²) < 4.78 is 0. The van der Waals surface area contributed by atoms with E-state index in [1.807, 2.05) is 30.9 Å². The Morgan fingerprint density at radius 3 is 2.23 bits per heavy atom. The molecule has 2 aromatic carbocycles. The van der Waals surface area contributed by atoms with Crippen molar-refractivity contribution in [3.63, 3.8) is 0 Å². The van der Waals surface area contributed by atoms with Crippen LogP contribution in [0.15, 0.2) is 42.5 Å². The van der Waals surface area contributed by atoms with Crippen LogP contribution in [0.2, 0.25) is 0 Å². The minimum atomic E-state index is -0.00601. The van der Waals surface area contributed by atoms with Gasteiger partial charge in [-0.3, -0.25) is 0 Å². The third-order valence-electron chi connectivity index (χ3n) is 5.13. The first kappa shape index (κ1) is 18.3. The molecule has 0 radical (unpaired) electrons. The number of urea groups is 1. The minimum Gasteiger partial charge on any atom is -0.368 e. The summed E-state index contributed by atoms with van der Waals surface area (Å²) in [6, 6.07) is 14.9. The SMILES string of the molecule is Cc1ccc(C)c(NC(=O)N2CCN(c3ccc(C(C)C)cc3)CC2)c1. The number of benzene rings is 2. The van der Waals surface area contributed by atoms with Crippen LogP contribution in [0.3, 0.4) is 0 Å². The van der Waals surface area contributed by atoms with E-state index < -0.39 is 0 Å². The molecule has 0 atom stereocenters. The number of aryl methyl sites for hydroxylation is 2. The fourth-order valence-corrected chi connectivity index (χ4v) is 3.30. The highest BCUT2D eigenvalue weighted by Crippen LogP contribution is 2.22. The van der Waals surface area contributed by atoms with Gasteiger partial charge in [0.15, 0.2) is 0 Å². The molecule has 0 unspecified atom stereocenters. The van der Waals surface area contributed by atoms with E-state index in [0.717, 1.165) is 43.0 Å². The molecule has 138 valence electrons. The molecule has 1 aliphatic heterocycles. The van der Waals surface area contributed by atoms with Crippen LogP contribution in [0, 0.1) is 13.8 Å². The number of carbonyl (C=O) groups is 1. The summed E-state index contributed by atoms with van der Waals surface area (Å²) in [7, 11) is 0. The van der Waals surface area contributed by atoms with E-state index in [-0.39, 0.29) is 6.03 Å². The van der Waals surface area contributed by atoms with Crippen LogP contribution in [0.5, 0.6) is 0 Å². The molecule has 4 nitrogen and oxygen atoms in total. The fourth-order valence-electron chi connectivity index (χ4n) is 3.30. The maximum Gasteiger partial charge on any atom is 0.321 e. The van der Waals surface area contributed by atoms with Gasteiger partial charge in [0, 0.05) is 37.6 Å². The highest BCUT2D eigenvalue weighted by atomic mass is 16.2. The Labute approximate surface area is 156 Å². The normalized spacial score (nSPS) is 14.7. The van der Waals surface area contributed by atoms with Gasteiger partial charge >= 0.3 is 6.03 Å². The van der Waals surface area contributed by atoms with Gasteiger partial charge in [-0.05, 0) is 54.7 Å². The third-order valence-corrected chi connectivity index (χ3v) is 5.13. The second-order valence-electron chi connectivity index (χ2n) is 7.47. The zero-order chi connectivity index (χ0) is 18.7. The summed E-state index contributed by atoms with van der Waals surface area (Å²) in [6.45, 7) is 11.7. The van der Waals surface area contributed by atoms with Crippen molar-refractivity contribution in [3.8, 4) is 0 Å².